The quantitative estimate of drug-likeness (QED) is 0.775. The molecule has 6 nitrogen and oxygen atoms in total. The Balaban J connectivity index is 1.73. The highest BCUT2D eigenvalue weighted by Crippen LogP contribution is 2.20. The number of rotatable bonds is 2. The molecule has 0 aliphatic carbocycles. The second-order valence-corrected chi connectivity index (χ2v) is 5.38. The molecule has 0 N–H and O–H groups in total. The summed E-state index contributed by atoms with van der Waals surface area (Å²) in [5, 5.41) is 7.64. The molecule has 0 unspecified atom stereocenters. The first kappa shape index (κ1) is 11.9. The van der Waals surface area contributed by atoms with E-state index in [1.54, 1.807) is 15.8 Å². The van der Waals surface area contributed by atoms with Crippen LogP contribution in [0.2, 0.25) is 0 Å². The molecule has 1 aliphatic rings. The van der Waals surface area contributed by atoms with E-state index in [0.29, 0.717) is 5.92 Å². The highest BCUT2D eigenvalue weighted by Gasteiger charge is 2.33. The minimum absolute atomic E-state index is 0.229. The van der Waals surface area contributed by atoms with Crippen LogP contribution in [0.15, 0.2) is 12.4 Å². The summed E-state index contributed by atoms with van der Waals surface area (Å²) >= 11 is 0. The topological polar surface area (TPSA) is 60.2 Å². The average Bonchev–Trinajstić information content (AvgIpc) is 2.59. The molecule has 94 valence electrons. The van der Waals surface area contributed by atoms with Crippen LogP contribution in [0.4, 0.5) is 4.79 Å². The molecule has 0 atom stereocenters. The van der Waals surface area contributed by atoms with Crippen LogP contribution in [0, 0.1) is 5.92 Å². The van der Waals surface area contributed by atoms with Crippen LogP contribution in [0.5, 0.6) is 0 Å². The Kier molecular flexibility index (Phi) is 3.04. The number of hydrogen-bond donors (Lipinski definition) is 0. The summed E-state index contributed by atoms with van der Waals surface area (Å²) in [5.41, 5.74) is -0.423. The van der Waals surface area contributed by atoms with Crippen LogP contribution in [-0.4, -0.2) is 44.7 Å². The van der Waals surface area contributed by atoms with Crippen LogP contribution >= 0.6 is 0 Å². The van der Waals surface area contributed by atoms with Gasteiger partial charge in [0.1, 0.15) is 5.60 Å². The number of carbonyl (C=O) groups excluding carboxylic acids is 1. The molecule has 0 bridgehead atoms. The van der Waals surface area contributed by atoms with Crippen molar-refractivity contribution in [3.05, 3.63) is 12.4 Å². The zero-order chi connectivity index (χ0) is 12.5. The summed E-state index contributed by atoms with van der Waals surface area (Å²) in [6.45, 7) is 7.88. The second-order valence-electron chi connectivity index (χ2n) is 5.38. The van der Waals surface area contributed by atoms with Crippen molar-refractivity contribution in [3.63, 3.8) is 0 Å². The van der Waals surface area contributed by atoms with Gasteiger partial charge in [-0.3, -0.25) is 4.68 Å². The Labute approximate surface area is 101 Å². The maximum absolute atomic E-state index is 11.7. The number of nitrogens with zero attached hydrogens (tertiary/aromatic N) is 4. The summed E-state index contributed by atoms with van der Waals surface area (Å²) < 4.78 is 7.07. The molecule has 0 aromatic carbocycles. The van der Waals surface area contributed by atoms with Crippen molar-refractivity contribution in [2.24, 2.45) is 5.92 Å². The lowest BCUT2D eigenvalue weighted by molar-refractivity contribution is -0.00390. The molecule has 2 heterocycles. The van der Waals surface area contributed by atoms with Crippen molar-refractivity contribution >= 4 is 6.09 Å². The van der Waals surface area contributed by atoms with Gasteiger partial charge in [-0.25, -0.2) is 4.79 Å². The van der Waals surface area contributed by atoms with Gasteiger partial charge < -0.3 is 9.64 Å². The van der Waals surface area contributed by atoms with Crippen molar-refractivity contribution in [1.82, 2.24) is 19.9 Å². The van der Waals surface area contributed by atoms with Crippen LogP contribution < -0.4 is 0 Å². The number of carbonyl (C=O) groups is 1. The Morgan fingerprint density at radius 1 is 1.47 bits per heavy atom. The molecule has 1 aliphatic heterocycles. The minimum Gasteiger partial charge on any atom is -0.444 e. The Morgan fingerprint density at radius 3 is 2.71 bits per heavy atom. The van der Waals surface area contributed by atoms with E-state index in [1.807, 2.05) is 27.0 Å². The van der Waals surface area contributed by atoms with Crippen molar-refractivity contribution in [1.29, 1.82) is 0 Å². The third-order valence-electron chi connectivity index (χ3n) is 2.53. The van der Waals surface area contributed by atoms with Crippen molar-refractivity contribution < 1.29 is 9.53 Å². The molecule has 17 heavy (non-hydrogen) atoms. The normalized spacial score (nSPS) is 16.8. The van der Waals surface area contributed by atoms with Gasteiger partial charge in [-0.15, -0.1) is 5.10 Å². The Bertz CT molecular complexity index is 377. The van der Waals surface area contributed by atoms with Crippen LogP contribution in [0.3, 0.4) is 0 Å². The van der Waals surface area contributed by atoms with E-state index in [-0.39, 0.29) is 6.09 Å². The molecule has 1 aromatic heterocycles. The fourth-order valence-corrected chi connectivity index (χ4v) is 1.76. The van der Waals surface area contributed by atoms with Crippen molar-refractivity contribution in [2.75, 3.05) is 13.1 Å². The number of amides is 1. The lowest BCUT2D eigenvalue weighted by atomic mass is 10.0. The molecular weight excluding hydrogens is 220 g/mol. The molecule has 1 fully saturated rings. The maximum atomic E-state index is 11.7. The highest BCUT2D eigenvalue weighted by atomic mass is 16.6. The fourth-order valence-electron chi connectivity index (χ4n) is 1.76. The zero-order valence-electron chi connectivity index (χ0n) is 10.5. The van der Waals surface area contributed by atoms with Gasteiger partial charge in [0.05, 0.1) is 6.20 Å². The molecule has 6 heteroatoms. The zero-order valence-corrected chi connectivity index (χ0v) is 10.5. The van der Waals surface area contributed by atoms with Gasteiger partial charge >= 0.3 is 6.09 Å². The van der Waals surface area contributed by atoms with Crippen molar-refractivity contribution in [3.8, 4) is 0 Å². The van der Waals surface area contributed by atoms with E-state index in [2.05, 4.69) is 10.3 Å². The van der Waals surface area contributed by atoms with E-state index in [9.17, 15) is 4.79 Å². The van der Waals surface area contributed by atoms with Gasteiger partial charge in [-0.05, 0) is 20.8 Å². The highest BCUT2D eigenvalue weighted by molar-refractivity contribution is 5.69. The third kappa shape index (κ3) is 3.18. The number of ether oxygens (including phenoxy) is 1. The predicted octanol–water partition coefficient (Wildman–Crippen LogP) is 1.14. The predicted molar refractivity (Wildman–Crippen MR) is 61.3 cm³/mol. The molecule has 1 saturated heterocycles. The smallest absolute Gasteiger partial charge is 0.410 e. The standard InChI is InChI=1S/C11H18N4O2/c1-11(2,3)17-10(16)14-6-9(7-14)8-15-5-4-12-13-15/h4-5,9H,6-8H2,1-3H3. The van der Waals surface area contributed by atoms with Gasteiger partial charge in [0.15, 0.2) is 0 Å². The van der Waals surface area contributed by atoms with E-state index in [1.165, 1.54) is 0 Å². The molecule has 1 aromatic rings. The SMILES string of the molecule is CC(C)(C)OC(=O)N1CC(Cn2ccnn2)C1. The summed E-state index contributed by atoms with van der Waals surface area (Å²) in [4.78, 5) is 13.4. The van der Waals surface area contributed by atoms with Gasteiger partial charge in [0.2, 0.25) is 0 Å². The van der Waals surface area contributed by atoms with E-state index >= 15 is 0 Å². The first-order chi connectivity index (χ1) is 7.94. The lowest BCUT2D eigenvalue weighted by Crippen LogP contribution is -2.52. The molecule has 0 radical (unpaired) electrons. The maximum Gasteiger partial charge on any atom is 0.410 e. The third-order valence-corrected chi connectivity index (χ3v) is 2.53. The van der Waals surface area contributed by atoms with Crippen LogP contribution in [0.1, 0.15) is 20.8 Å². The number of hydrogen-bond acceptors (Lipinski definition) is 4. The monoisotopic (exact) mass is 238 g/mol. The van der Waals surface area contributed by atoms with Crippen molar-refractivity contribution in [2.45, 2.75) is 32.9 Å². The summed E-state index contributed by atoms with van der Waals surface area (Å²) in [5.74, 6) is 0.448. The summed E-state index contributed by atoms with van der Waals surface area (Å²) in [6.07, 6.45) is 3.26. The van der Waals surface area contributed by atoms with Gasteiger partial charge in [0, 0.05) is 31.7 Å². The van der Waals surface area contributed by atoms with Gasteiger partial charge in [0.25, 0.3) is 0 Å². The van der Waals surface area contributed by atoms with Gasteiger partial charge in [-0.2, -0.15) is 0 Å². The largest absolute Gasteiger partial charge is 0.444 e. The summed E-state index contributed by atoms with van der Waals surface area (Å²) in [7, 11) is 0. The summed E-state index contributed by atoms with van der Waals surface area (Å²) in [6, 6.07) is 0. The lowest BCUT2D eigenvalue weighted by Gasteiger charge is -2.39. The second kappa shape index (κ2) is 4.35. The molecule has 1 amide bonds. The Hall–Kier alpha value is -1.59. The molecule has 2 rings (SSSR count). The van der Waals surface area contributed by atoms with Crippen LogP contribution in [-0.2, 0) is 11.3 Å². The first-order valence-electron chi connectivity index (χ1n) is 5.76. The molecule has 0 spiro atoms. The number of aromatic nitrogens is 3. The Morgan fingerprint density at radius 2 is 2.18 bits per heavy atom. The van der Waals surface area contributed by atoms with E-state index in [0.717, 1.165) is 19.6 Å². The number of likely N-dealkylation sites (tertiary alicyclic amines) is 1. The van der Waals surface area contributed by atoms with E-state index in [4.69, 9.17) is 4.74 Å². The first-order valence-corrected chi connectivity index (χ1v) is 5.76. The molecule has 0 saturated carbocycles. The van der Waals surface area contributed by atoms with Crippen LogP contribution in [0.25, 0.3) is 0 Å². The van der Waals surface area contributed by atoms with E-state index < -0.39 is 5.60 Å². The minimum atomic E-state index is -0.423. The average molecular weight is 238 g/mol. The molecular formula is C11H18N4O2. The van der Waals surface area contributed by atoms with Gasteiger partial charge in [-0.1, -0.05) is 5.21 Å². The fraction of sp³-hybridized carbons (Fsp3) is 0.727.